The second-order valence-corrected chi connectivity index (χ2v) is 7.56. The number of aromatic nitrogens is 3. The number of ether oxygens (including phenoxy) is 1. The van der Waals surface area contributed by atoms with E-state index in [0.717, 1.165) is 76.9 Å². The fourth-order valence-corrected chi connectivity index (χ4v) is 3.38. The Kier molecular flexibility index (Phi) is 11.3. The van der Waals surface area contributed by atoms with Crippen molar-refractivity contribution in [1.82, 2.24) is 25.4 Å². The summed E-state index contributed by atoms with van der Waals surface area (Å²) in [6.45, 7) is 9.12. The van der Waals surface area contributed by atoms with Gasteiger partial charge in [-0.05, 0) is 30.7 Å². The average Bonchev–Trinajstić information content (AvgIpc) is 3.38. The molecular formula is C20H34N6OS. The van der Waals surface area contributed by atoms with Gasteiger partial charge in [0.2, 0.25) is 0 Å². The number of nitrogens with zero attached hydrogens (tertiary/aromatic N) is 4. The zero-order valence-electron chi connectivity index (χ0n) is 17.2. The Bertz CT molecular complexity index is 655. The van der Waals surface area contributed by atoms with Crippen LogP contribution in [0, 0.1) is 0 Å². The SMILES string of the molecule is CCCCOCCCN=C(NCCc1cccs1)NCCn1cnnc1CC. The predicted octanol–water partition coefficient (Wildman–Crippen LogP) is 2.89. The van der Waals surface area contributed by atoms with Gasteiger partial charge in [-0.25, -0.2) is 0 Å². The molecule has 0 aliphatic rings. The summed E-state index contributed by atoms with van der Waals surface area (Å²) < 4.78 is 7.70. The molecule has 0 amide bonds. The molecule has 0 aromatic carbocycles. The third-order valence-corrected chi connectivity index (χ3v) is 5.20. The van der Waals surface area contributed by atoms with E-state index in [1.54, 1.807) is 17.7 Å². The summed E-state index contributed by atoms with van der Waals surface area (Å²) in [7, 11) is 0. The molecule has 2 heterocycles. The molecule has 0 unspecified atom stereocenters. The van der Waals surface area contributed by atoms with Gasteiger partial charge in [0.25, 0.3) is 0 Å². The van der Waals surface area contributed by atoms with E-state index in [9.17, 15) is 0 Å². The van der Waals surface area contributed by atoms with Crippen LogP contribution in [0.5, 0.6) is 0 Å². The van der Waals surface area contributed by atoms with Gasteiger partial charge in [-0.2, -0.15) is 0 Å². The van der Waals surface area contributed by atoms with Gasteiger partial charge in [0, 0.05) is 50.7 Å². The van der Waals surface area contributed by atoms with Gasteiger partial charge < -0.3 is 19.9 Å². The maximum Gasteiger partial charge on any atom is 0.191 e. The Morgan fingerprint density at radius 3 is 2.86 bits per heavy atom. The van der Waals surface area contributed by atoms with Crippen LogP contribution in [0.15, 0.2) is 28.8 Å². The molecule has 0 saturated heterocycles. The fraction of sp³-hybridized carbons (Fsp3) is 0.650. The lowest BCUT2D eigenvalue weighted by Gasteiger charge is -2.13. The highest BCUT2D eigenvalue weighted by molar-refractivity contribution is 7.09. The second-order valence-electron chi connectivity index (χ2n) is 6.53. The quantitative estimate of drug-likeness (QED) is 0.287. The predicted molar refractivity (Wildman–Crippen MR) is 116 cm³/mol. The molecule has 8 heteroatoms. The lowest BCUT2D eigenvalue weighted by Crippen LogP contribution is -2.40. The lowest BCUT2D eigenvalue weighted by atomic mass is 10.3. The largest absolute Gasteiger partial charge is 0.381 e. The Morgan fingerprint density at radius 1 is 1.21 bits per heavy atom. The van der Waals surface area contributed by atoms with Crippen LogP contribution in [-0.2, 0) is 24.1 Å². The lowest BCUT2D eigenvalue weighted by molar-refractivity contribution is 0.130. The molecule has 0 radical (unpaired) electrons. The van der Waals surface area contributed by atoms with Crippen molar-refractivity contribution in [2.24, 2.45) is 4.99 Å². The van der Waals surface area contributed by atoms with E-state index >= 15 is 0 Å². The molecule has 0 atom stereocenters. The van der Waals surface area contributed by atoms with E-state index in [1.165, 1.54) is 11.3 Å². The second kappa shape index (κ2) is 14.1. The van der Waals surface area contributed by atoms with Crippen molar-refractivity contribution in [1.29, 1.82) is 0 Å². The number of aryl methyl sites for hydroxylation is 1. The van der Waals surface area contributed by atoms with Crippen molar-refractivity contribution in [3.05, 3.63) is 34.5 Å². The van der Waals surface area contributed by atoms with Gasteiger partial charge in [0.05, 0.1) is 0 Å². The minimum Gasteiger partial charge on any atom is -0.381 e. The van der Waals surface area contributed by atoms with E-state index in [4.69, 9.17) is 9.73 Å². The highest BCUT2D eigenvalue weighted by atomic mass is 32.1. The first-order valence-corrected chi connectivity index (χ1v) is 11.2. The van der Waals surface area contributed by atoms with Gasteiger partial charge in [0.1, 0.15) is 12.2 Å². The number of nitrogens with one attached hydrogen (secondary N) is 2. The molecule has 7 nitrogen and oxygen atoms in total. The molecule has 2 N–H and O–H groups in total. The summed E-state index contributed by atoms with van der Waals surface area (Å²) in [5.74, 6) is 1.87. The van der Waals surface area contributed by atoms with Crippen LogP contribution >= 0.6 is 11.3 Å². The van der Waals surface area contributed by atoms with Crippen LogP contribution in [0.4, 0.5) is 0 Å². The Hall–Kier alpha value is -1.93. The molecule has 0 aliphatic heterocycles. The number of thiophene rings is 1. The third kappa shape index (κ3) is 8.84. The van der Waals surface area contributed by atoms with Crippen molar-refractivity contribution in [3.8, 4) is 0 Å². The van der Waals surface area contributed by atoms with Crippen molar-refractivity contribution < 1.29 is 4.74 Å². The summed E-state index contributed by atoms with van der Waals surface area (Å²) in [5.41, 5.74) is 0. The fourth-order valence-electron chi connectivity index (χ4n) is 2.67. The summed E-state index contributed by atoms with van der Waals surface area (Å²) >= 11 is 1.79. The van der Waals surface area contributed by atoms with Gasteiger partial charge >= 0.3 is 0 Å². The van der Waals surface area contributed by atoms with E-state index in [-0.39, 0.29) is 0 Å². The maximum atomic E-state index is 5.62. The first kappa shape index (κ1) is 22.4. The molecule has 28 heavy (non-hydrogen) atoms. The number of hydrogen-bond donors (Lipinski definition) is 2. The highest BCUT2D eigenvalue weighted by Crippen LogP contribution is 2.08. The molecule has 2 aromatic heterocycles. The van der Waals surface area contributed by atoms with Crippen LogP contribution in [0.2, 0.25) is 0 Å². The molecule has 0 aliphatic carbocycles. The topological polar surface area (TPSA) is 76.4 Å². The zero-order valence-corrected chi connectivity index (χ0v) is 18.0. The summed E-state index contributed by atoms with van der Waals surface area (Å²) in [6.07, 6.45) is 6.92. The number of rotatable bonds is 14. The van der Waals surface area contributed by atoms with Crippen molar-refractivity contribution in [2.45, 2.75) is 52.5 Å². The Morgan fingerprint density at radius 2 is 2.07 bits per heavy atom. The maximum absolute atomic E-state index is 5.62. The first-order valence-electron chi connectivity index (χ1n) is 10.3. The van der Waals surface area contributed by atoms with Gasteiger partial charge in [0.15, 0.2) is 5.96 Å². The van der Waals surface area contributed by atoms with Crippen molar-refractivity contribution >= 4 is 17.3 Å². The van der Waals surface area contributed by atoms with Crippen LogP contribution < -0.4 is 10.6 Å². The van der Waals surface area contributed by atoms with E-state index in [2.05, 4.69) is 56.8 Å². The van der Waals surface area contributed by atoms with Crippen molar-refractivity contribution in [3.63, 3.8) is 0 Å². The number of unbranched alkanes of at least 4 members (excludes halogenated alkanes) is 1. The van der Waals surface area contributed by atoms with Gasteiger partial charge in [-0.1, -0.05) is 26.3 Å². The van der Waals surface area contributed by atoms with Gasteiger partial charge in [-0.15, -0.1) is 21.5 Å². The summed E-state index contributed by atoms with van der Waals surface area (Å²) in [6, 6.07) is 4.26. The van der Waals surface area contributed by atoms with Crippen molar-refractivity contribution in [2.75, 3.05) is 32.8 Å². The molecular weight excluding hydrogens is 372 g/mol. The minimum atomic E-state index is 0.757. The van der Waals surface area contributed by atoms with Crippen LogP contribution in [0.3, 0.4) is 0 Å². The molecule has 0 fully saturated rings. The molecule has 2 rings (SSSR count). The average molecular weight is 407 g/mol. The molecule has 0 spiro atoms. The van der Waals surface area contributed by atoms with E-state index in [1.807, 2.05) is 0 Å². The number of guanidine groups is 1. The zero-order chi connectivity index (χ0) is 19.9. The van der Waals surface area contributed by atoms with Crippen LogP contribution in [0.25, 0.3) is 0 Å². The number of hydrogen-bond acceptors (Lipinski definition) is 5. The standard InChI is InChI=1S/C20H34N6OS/c1-3-5-14-27-15-7-10-21-20(22-11-9-18-8-6-16-28-18)23-12-13-26-17-24-25-19(26)4-2/h6,8,16-17H,3-5,7,9-15H2,1-2H3,(H2,21,22,23). The molecule has 156 valence electrons. The molecule has 2 aromatic rings. The highest BCUT2D eigenvalue weighted by Gasteiger charge is 2.03. The van der Waals surface area contributed by atoms with Gasteiger partial charge in [-0.3, -0.25) is 4.99 Å². The summed E-state index contributed by atoms with van der Waals surface area (Å²) in [4.78, 5) is 6.08. The first-order chi connectivity index (χ1) is 13.8. The third-order valence-electron chi connectivity index (χ3n) is 4.26. The Labute approximate surface area is 172 Å². The number of aliphatic imine (C=N–C) groups is 1. The Balaban J connectivity index is 1.74. The van der Waals surface area contributed by atoms with E-state index < -0.39 is 0 Å². The monoisotopic (exact) mass is 406 g/mol. The smallest absolute Gasteiger partial charge is 0.191 e. The molecule has 0 saturated carbocycles. The summed E-state index contributed by atoms with van der Waals surface area (Å²) in [5, 5.41) is 17.1. The van der Waals surface area contributed by atoms with Crippen LogP contribution in [-0.4, -0.2) is 53.6 Å². The molecule has 0 bridgehead atoms. The normalized spacial score (nSPS) is 11.7. The van der Waals surface area contributed by atoms with E-state index in [0.29, 0.717) is 0 Å². The minimum absolute atomic E-state index is 0.757. The van der Waals surface area contributed by atoms with Crippen LogP contribution in [0.1, 0.15) is 43.8 Å².